The van der Waals surface area contributed by atoms with E-state index in [-0.39, 0.29) is 5.60 Å². The van der Waals surface area contributed by atoms with E-state index in [9.17, 15) is 10.2 Å². The van der Waals surface area contributed by atoms with Gasteiger partial charge in [0.2, 0.25) is 0 Å². The molecule has 1 saturated heterocycles. The van der Waals surface area contributed by atoms with Gasteiger partial charge in [0.15, 0.2) is 0 Å². The zero-order valence-corrected chi connectivity index (χ0v) is 17.7. The highest BCUT2D eigenvalue weighted by Crippen LogP contribution is 2.45. The Balaban J connectivity index is 1.35. The summed E-state index contributed by atoms with van der Waals surface area (Å²) in [6.45, 7) is 4.82. The molecule has 2 aromatic rings. The fourth-order valence-corrected chi connectivity index (χ4v) is 4.50. The van der Waals surface area contributed by atoms with Gasteiger partial charge in [-0.1, -0.05) is 12.1 Å². The Morgan fingerprint density at radius 3 is 2.50 bits per heavy atom. The van der Waals surface area contributed by atoms with Crippen LogP contribution in [-0.2, 0) is 0 Å². The van der Waals surface area contributed by atoms with Gasteiger partial charge in [-0.25, -0.2) is 0 Å². The third-order valence-electron chi connectivity index (χ3n) is 6.24. The van der Waals surface area contributed by atoms with Crippen LogP contribution in [0.1, 0.15) is 49.5 Å². The van der Waals surface area contributed by atoms with E-state index in [1.165, 1.54) is 0 Å². The van der Waals surface area contributed by atoms with Gasteiger partial charge >= 0.3 is 0 Å². The number of β-amino-alcohol motifs (C(OH)–C–C–N with tert-alkyl or cyclic N) is 1. The number of hydrogen-bond acceptors (Lipinski definition) is 6. The molecule has 162 valence electrons. The molecule has 2 aliphatic rings. The Kier molecular flexibility index (Phi) is 6.18. The lowest BCUT2D eigenvalue weighted by molar-refractivity contribution is -0.0588. The standard InChI is InChI=1S/C24H31NO5/c1-3-29-18-6-4-17(5-7-18)22(27)16-25-12-10-24(11-13-25)15-21(26)20-14-19(28-2)8-9-23(20)30-24/h4-9,14,21-22,26-27H,3,10-13,15-16H2,1-2H3. The van der Waals surface area contributed by atoms with Crippen molar-refractivity contribution >= 4 is 0 Å². The number of benzene rings is 2. The van der Waals surface area contributed by atoms with E-state index in [4.69, 9.17) is 14.2 Å². The normalized spacial score (nSPS) is 21.5. The monoisotopic (exact) mass is 413 g/mol. The molecule has 0 saturated carbocycles. The van der Waals surface area contributed by atoms with Crippen LogP contribution in [0, 0.1) is 0 Å². The van der Waals surface area contributed by atoms with Crippen LogP contribution in [0.5, 0.6) is 17.2 Å². The van der Waals surface area contributed by atoms with Crippen molar-refractivity contribution in [1.29, 1.82) is 0 Å². The van der Waals surface area contributed by atoms with Gasteiger partial charge in [0.25, 0.3) is 0 Å². The average molecular weight is 414 g/mol. The van der Waals surface area contributed by atoms with Crippen LogP contribution < -0.4 is 14.2 Å². The van der Waals surface area contributed by atoms with Gasteiger partial charge in [-0.05, 0) is 55.7 Å². The molecular formula is C24H31NO5. The third kappa shape index (κ3) is 4.41. The quantitative estimate of drug-likeness (QED) is 0.756. The van der Waals surface area contributed by atoms with Crippen LogP contribution >= 0.6 is 0 Å². The van der Waals surface area contributed by atoms with Crippen molar-refractivity contribution in [1.82, 2.24) is 4.90 Å². The molecule has 0 aromatic heterocycles. The number of likely N-dealkylation sites (tertiary alicyclic amines) is 1. The largest absolute Gasteiger partial charge is 0.497 e. The van der Waals surface area contributed by atoms with Crippen molar-refractivity contribution in [3.05, 3.63) is 53.6 Å². The van der Waals surface area contributed by atoms with E-state index < -0.39 is 12.2 Å². The number of ether oxygens (including phenoxy) is 3. The van der Waals surface area contributed by atoms with Crippen LogP contribution in [0.25, 0.3) is 0 Å². The highest BCUT2D eigenvalue weighted by atomic mass is 16.5. The molecule has 1 spiro atoms. The topological polar surface area (TPSA) is 71.4 Å². The minimum Gasteiger partial charge on any atom is -0.497 e. The minimum atomic E-state index is -0.551. The average Bonchev–Trinajstić information content (AvgIpc) is 2.76. The van der Waals surface area contributed by atoms with Crippen LogP contribution in [0.15, 0.2) is 42.5 Å². The summed E-state index contributed by atoms with van der Waals surface area (Å²) in [5.41, 5.74) is 1.35. The minimum absolute atomic E-state index is 0.346. The third-order valence-corrected chi connectivity index (χ3v) is 6.24. The van der Waals surface area contributed by atoms with Crippen molar-refractivity contribution in [2.45, 2.75) is 44.0 Å². The zero-order valence-electron chi connectivity index (χ0n) is 17.7. The molecule has 2 unspecified atom stereocenters. The molecule has 6 heteroatoms. The van der Waals surface area contributed by atoms with E-state index in [0.717, 1.165) is 54.3 Å². The van der Waals surface area contributed by atoms with Crippen LogP contribution in [-0.4, -0.2) is 54.1 Å². The summed E-state index contributed by atoms with van der Waals surface area (Å²) >= 11 is 0. The number of aliphatic hydroxyl groups is 2. The fourth-order valence-electron chi connectivity index (χ4n) is 4.50. The lowest BCUT2D eigenvalue weighted by Crippen LogP contribution is -2.51. The van der Waals surface area contributed by atoms with E-state index >= 15 is 0 Å². The van der Waals surface area contributed by atoms with Gasteiger partial charge in [0.1, 0.15) is 22.8 Å². The van der Waals surface area contributed by atoms with Gasteiger partial charge in [-0.15, -0.1) is 0 Å². The van der Waals surface area contributed by atoms with E-state index in [0.29, 0.717) is 19.6 Å². The van der Waals surface area contributed by atoms with Gasteiger partial charge < -0.3 is 29.3 Å². The predicted octanol–water partition coefficient (Wildman–Crippen LogP) is 3.48. The van der Waals surface area contributed by atoms with E-state index in [1.807, 2.05) is 49.4 Å². The summed E-state index contributed by atoms with van der Waals surface area (Å²) in [6, 6.07) is 13.3. The van der Waals surface area contributed by atoms with Gasteiger partial charge in [-0.3, -0.25) is 0 Å². The molecule has 0 aliphatic carbocycles. The van der Waals surface area contributed by atoms with Crippen LogP contribution in [0.2, 0.25) is 0 Å². The second kappa shape index (κ2) is 8.84. The lowest BCUT2D eigenvalue weighted by atomic mass is 9.81. The summed E-state index contributed by atoms with van der Waals surface area (Å²) in [5, 5.41) is 21.4. The predicted molar refractivity (Wildman–Crippen MR) is 114 cm³/mol. The number of rotatable bonds is 6. The van der Waals surface area contributed by atoms with Gasteiger partial charge in [0, 0.05) is 31.6 Å². The molecule has 1 fully saturated rings. The Morgan fingerprint density at radius 1 is 1.13 bits per heavy atom. The first kappa shape index (κ1) is 21.0. The van der Waals surface area contributed by atoms with Crippen molar-refractivity contribution in [3.8, 4) is 17.2 Å². The number of fused-ring (bicyclic) bond motifs is 1. The van der Waals surface area contributed by atoms with Crippen molar-refractivity contribution in [3.63, 3.8) is 0 Å². The Hall–Kier alpha value is -2.28. The van der Waals surface area contributed by atoms with Crippen molar-refractivity contribution in [2.75, 3.05) is 33.4 Å². The van der Waals surface area contributed by atoms with E-state index in [1.54, 1.807) is 7.11 Å². The highest BCUT2D eigenvalue weighted by Gasteiger charge is 2.43. The number of methoxy groups -OCH3 is 1. The van der Waals surface area contributed by atoms with Crippen molar-refractivity contribution in [2.24, 2.45) is 0 Å². The molecule has 2 heterocycles. The maximum absolute atomic E-state index is 10.7. The van der Waals surface area contributed by atoms with Gasteiger partial charge in [0.05, 0.1) is 25.9 Å². The summed E-state index contributed by atoms with van der Waals surface area (Å²) in [7, 11) is 1.62. The number of hydrogen-bond donors (Lipinski definition) is 2. The second-order valence-electron chi connectivity index (χ2n) is 8.23. The smallest absolute Gasteiger partial charge is 0.126 e. The summed E-state index contributed by atoms with van der Waals surface area (Å²) in [6.07, 6.45) is 1.14. The fraction of sp³-hybridized carbons (Fsp3) is 0.500. The number of aliphatic hydroxyl groups excluding tert-OH is 2. The van der Waals surface area contributed by atoms with E-state index in [2.05, 4.69) is 4.90 Å². The van der Waals surface area contributed by atoms with Crippen molar-refractivity contribution < 1.29 is 24.4 Å². The first-order chi connectivity index (χ1) is 14.5. The Bertz CT molecular complexity index is 845. The molecule has 6 nitrogen and oxygen atoms in total. The molecule has 2 atom stereocenters. The Labute approximate surface area is 178 Å². The number of nitrogens with zero attached hydrogens (tertiary/aromatic N) is 1. The lowest BCUT2D eigenvalue weighted by Gasteiger charge is -2.46. The first-order valence-electron chi connectivity index (χ1n) is 10.7. The van der Waals surface area contributed by atoms with Crippen LogP contribution in [0.3, 0.4) is 0 Å². The maximum atomic E-state index is 10.7. The summed E-state index contributed by atoms with van der Waals surface area (Å²) < 4.78 is 17.1. The molecule has 2 N–H and O–H groups in total. The zero-order chi connectivity index (χ0) is 21.1. The molecule has 2 aliphatic heterocycles. The highest BCUT2D eigenvalue weighted by molar-refractivity contribution is 5.43. The molecule has 30 heavy (non-hydrogen) atoms. The summed E-state index contributed by atoms with van der Waals surface area (Å²) in [5.74, 6) is 2.29. The Morgan fingerprint density at radius 2 is 1.83 bits per heavy atom. The van der Waals surface area contributed by atoms with Crippen LogP contribution in [0.4, 0.5) is 0 Å². The maximum Gasteiger partial charge on any atom is 0.126 e. The van der Waals surface area contributed by atoms with Gasteiger partial charge in [-0.2, -0.15) is 0 Å². The SMILES string of the molecule is CCOc1ccc(C(O)CN2CCC3(CC2)CC(O)c2cc(OC)ccc2O3)cc1. The molecule has 0 bridgehead atoms. The second-order valence-corrected chi connectivity index (χ2v) is 8.23. The molecule has 4 rings (SSSR count). The molecule has 0 radical (unpaired) electrons. The molecule has 2 aromatic carbocycles. The molecule has 0 amide bonds. The first-order valence-corrected chi connectivity index (χ1v) is 10.7. The summed E-state index contributed by atoms with van der Waals surface area (Å²) in [4.78, 5) is 2.27. The molecular weight excluding hydrogens is 382 g/mol. The number of piperidine rings is 1.